The van der Waals surface area contributed by atoms with Gasteiger partial charge in [0.2, 0.25) is 5.95 Å². The molecule has 1 aromatic rings. The molecular formula is C11H19N3. The van der Waals surface area contributed by atoms with E-state index in [2.05, 4.69) is 34.9 Å². The SMILES string of the molecule is CCn1cc(C)nc1NC1CC(C)C1. The zero-order chi connectivity index (χ0) is 10.1. The summed E-state index contributed by atoms with van der Waals surface area (Å²) in [6, 6.07) is 0.650. The number of anilines is 1. The first-order chi connectivity index (χ1) is 6.69. The highest BCUT2D eigenvalue weighted by molar-refractivity contribution is 5.31. The zero-order valence-corrected chi connectivity index (χ0v) is 9.25. The molecule has 0 atom stereocenters. The number of hydrogen-bond acceptors (Lipinski definition) is 2. The van der Waals surface area contributed by atoms with Crippen molar-refractivity contribution >= 4 is 5.95 Å². The fourth-order valence-corrected chi connectivity index (χ4v) is 2.11. The van der Waals surface area contributed by atoms with Crippen LogP contribution in [0.3, 0.4) is 0 Å². The number of hydrogen-bond donors (Lipinski definition) is 1. The molecule has 1 saturated carbocycles. The third kappa shape index (κ3) is 1.76. The smallest absolute Gasteiger partial charge is 0.203 e. The van der Waals surface area contributed by atoms with Gasteiger partial charge in [-0.2, -0.15) is 0 Å². The van der Waals surface area contributed by atoms with E-state index in [0.29, 0.717) is 6.04 Å². The number of aromatic nitrogens is 2. The van der Waals surface area contributed by atoms with E-state index in [9.17, 15) is 0 Å². The van der Waals surface area contributed by atoms with E-state index in [1.807, 2.05) is 6.92 Å². The number of nitrogens with zero attached hydrogens (tertiary/aromatic N) is 2. The highest BCUT2D eigenvalue weighted by Gasteiger charge is 2.26. The van der Waals surface area contributed by atoms with Gasteiger partial charge >= 0.3 is 0 Å². The number of aryl methyl sites for hydroxylation is 2. The Hall–Kier alpha value is -0.990. The molecule has 0 spiro atoms. The van der Waals surface area contributed by atoms with Crippen LogP contribution in [0.2, 0.25) is 0 Å². The van der Waals surface area contributed by atoms with Crippen LogP contribution >= 0.6 is 0 Å². The quantitative estimate of drug-likeness (QED) is 0.799. The van der Waals surface area contributed by atoms with Gasteiger partial charge in [0.25, 0.3) is 0 Å². The van der Waals surface area contributed by atoms with Crippen molar-refractivity contribution in [3.8, 4) is 0 Å². The average Bonchev–Trinajstić information content (AvgIpc) is 2.43. The topological polar surface area (TPSA) is 29.9 Å². The molecule has 0 bridgehead atoms. The maximum absolute atomic E-state index is 4.48. The van der Waals surface area contributed by atoms with Gasteiger partial charge in [-0.1, -0.05) is 6.92 Å². The van der Waals surface area contributed by atoms with Crippen LogP contribution in [0.1, 0.15) is 32.4 Å². The molecule has 1 N–H and O–H groups in total. The van der Waals surface area contributed by atoms with Crippen LogP contribution in [0.5, 0.6) is 0 Å². The van der Waals surface area contributed by atoms with Crippen molar-refractivity contribution in [3.63, 3.8) is 0 Å². The van der Waals surface area contributed by atoms with Crippen molar-refractivity contribution in [2.24, 2.45) is 5.92 Å². The number of nitrogens with one attached hydrogen (secondary N) is 1. The molecule has 1 aliphatic carbocycles. The fraction of sp³-hybridized carbons (Fsp3) is 0.727. The highest BCUT2D eigenvalue weighted by Crippen LogP contribution is 2.29. The second kappa shape index (κ2) is 3.64. The lowest BCUT2D eigenvalue weighted by Gasteiger charge is -2.33. The Labute approximate surface area is 85.5 Å². The Balaban J connectivity index is 2.01. The first kappa shape index (κ1) is 9.56. The Bertz CT molecular complexity index is 310. The molecule has 0 aromatic carbocycles. The maximum Gasteiger partial charge on any atom is 0.203 e. The van der Waals surface area contributed by atoms with Gasteiger partial charge in [-0.15, -0.1) is 0 Å². The molecule has 2 rings (SSSR count). The summed E-state index contributed by atoms with van der Waals surface area (Å²) in [5.74, 6) is 1.93. The van der Waals surface area contributed by atoms with Crippen LogP contribution in [0.25, 0.3) is 0 Å². The summed E-state index contributed by atoms with van der Waals surface area (Å²) in [5.41, 5.74) is 1.10. The third-order valence-corrected chi connectivity index (χ3v) is 2.94. The Morgan fingerprint density at radius 3 is 2.86 bits per heavy atom. The summed E-state index contributed by atoms with van der Waals surface area (Å²) < 4.78 is 2.18. The van der Waals surface area contributed by atoms with Gasteiger partial charge in [0.05, 0.1) is 5.69 Å². The molecule has 1 fully saturated rings. The number of rotatable bonds is 3. The van der Waals surface area contributed by atoms with E-state index < -0.39 is 0 Å². The molecule has 0 unspecified atom stereocenters. The van der Waals surface area contributed by atoms with Gasteiger partial charge in [-0.25, -0.2) is 4.98 Å². The van der Waals surface area contributed by atoms with Crippen LogP contribution < -0.4 is 5.32 Å². The van der Waals surface area contributed by atoms with Crippen molar-refractivity contribution < 1.29 is 0 Å². The Kier molecular flexibility index (Phi) is 2.48. The lowest BCUT2D eigenvalue weighted by Crippen LogP contribution is -2.34. The summed E-state index contributed by atoms with van der Waals surface area (Å²) in [5, 5.41) is 3.50. The van der Waals surface area contributed by atoms with Gasteiger partial charge in [0, 0.05) is 18.8 Å². The molecule has 0 radical (unpaired) electrons. The summed E-state index contributed by atoms with van der Waals surface area (Å²) in [7, 11) is 0. The van der Waals surface area contributed by atoms with Crippen molar-refractivity contribution in [2.45, 2.75) is 46.2 Å². The van der Waals surface area contributed by atoms with E-state index in [4.69, 9.17) is 0 Å². The molecule has 1 aliphatic rings. The van der Waals surface area contributed by atoms with E-state index >= 15 is 0 Å². The van der Waals surface area contributed by atoms with Gasteiger partial charge < -0.3 is 9.88 Å². The van der Waals surface area contributed by atoms with Crippen LogP contribution in [0, 0.1) is 12.8 Å². The van der Waals surface area contributed by atoms with E-state index in [0.717, 1.165) is 24.1 Å². The Morgan fingerprint density at radius 1 is 1.57 bits per heavy atom. The van der Waals surface area contributed by atoms with Gasteiger partial charge in [0.1, 0.15) is 0 Å². The summed E-state index contributed by atoms with van der Waals surface area (Å²) in [6.07, 6.45) is 4.68. The van der Waals surface area contributed by atoms with Crippen molar-refractivity contribution in [3.05, 3.63) is 11.9 Å². The fourth-order valence-electron chi connectivity index (χ4n) is 2.11. The van der Waals surface area contributed by atoms with Crippen LogP contribution in [0.4, 0.5) is 5.95 Å². The molecule has 1 heterocycles. The standard InChI is InChI=1S/C11H19N3/c1-4-14-7-9(3)12-11(14)13-10-5-8(2)6-10/h7-8,10H,4-6H2,1-3H3,(H,12,13). The summed E-state index contributed by atoms with van der Waals surface area (Å²) >= 11 is 0. The number of imidazole rings is 1. The third-order valence-electron chi connectivity index (χ3n) is 2.94. The maximum atomic E-state index is 4.48. The van der Waals surface area contributed by atoms with Crippen LogP contribution in [0.15, 0.2) is 6.20 Å². The van der Waals surface area contributed by atoms with Crippen LogP contribution in [-0.2, 0) is 6.54 Å². The zero-order valence-electron chi connectivity index (χ0n) is 9.25. The highest BCUT2D eigenvalue weighted by atomic mass is 15.2. The second-order valence-corrected chi connectivity index (χ2v) is 4.41. The molecule has 0 aliphatic heterocycles. The van der Waals surface area contributed by atoms with Gasteiger partial charge in [-0.3, -0.25) is 0 Å². The minimum atomic E-state index is 0.650. The van der Waals surface area contributed by atoms with Gasteiger partial charge in [-0.05, 0) is 32.6 Å². The van der Waals surface area contributed by atoms with Crippen LogP contribution in [-0.4, -0.2) is 15.6 Å². The largest absolute Gasteiger partial charge is 0.353 e. The molecule has 0 saturated heterocycles. The monoisotopic (exact) mass is 193 g/mol. The normalized spacial score (nSPS) is 25.9. The lowest BCUT2D eigenvalue weighted by molar-refractivity contribution is 0.307. The lowest BCUT2D eigenvalue weighted by atomic mass is 9.82. The van der Waals surface area contributed by atoms with E-state index in [1.54, 1.807) is 0 Å². The molecule has 14 heavy (non-hydrogen) atoms. The minimum Gasteiger partial charge on any atom is -0.353 e. The first-order valence-corrected chi connectivity index (χ1v) is 5.49. The molecule has 78 valence electrons. The molecule has 1 aromatic heterocycles. The Morgan fingerprint density at radius 2 is 2.29 bits per heavy atom. The first-order valence-electron chi connectivity index (χ1n) is 5.49. The molecule has 0 amide bonds. The summed E-state index contributed by atoms with van der Waals surface area (Å²) in [6.45, 7) is 7.48. The minimum absolute atomic E-state index is 0.650. The molecule has 3 heteroatoms. The molecule has 3 nitrogen and oxygen atoms in total. The van der Waals surface area contributed by atoms with Crippen molar-refractivity contribution in [1.82, 2.24) is 9.55 Å². The van der Waals surface area contributed by atoms with E-state index in [-0.39, 0.29) is 0 Å². The molecular weight excluding hydrogens is 174 g/mol. The summed E-state index contributed by atoms with van der Waals surface area (Å²) in [4.78, 5) is 4.48. The van der Waals surface area contributed by atoms with Gasteiger partial charge in [0.15, 0.2) is 0 Å². The predicted molar refractivity (Wildman–Crippen MR) is 58.4 cm³/mol. The van der Waals surface area contributed by atoms with Crippen molar-refractivity contribution in [2.75, 3.05) is 5.32 Å². The predicted octanol–water partition coefficient (Wildman–Crippen LogP) is 2.42. The second-order valence-electron chi connectivity index (χ2n) is 4.41. The van der Waals surface area contributed by atoms with E-state index in [1.165, 1.54) is 12.8 Å². The van der Waals surface area contributed by atoms with Crippen molar-refractivity contribution in [1.29, 1.82) is 0 Å². The average molecular weight is 193 g/mol.